The zero-order chi connectivity index (χ0) is 15.5. The van der Waals surface area contributed by atoms with Crippen molar-refractivity contribution < 1.29 is 13.5 Å². The molecule has 2 N–H and O–H groups in total. The molecule has 1 fully saturated rings. The Morgan fingerprint density at radius 3 is 2.62 bits per heavy atom. The molecule has 0 radical (unpaired) electrons. The van der Waals surface area contributed by atoms with Crippen molar-refractivity contribution >= 4 is 21.6 Å². The van der Waals surface area contributed by atoms with Crippen LogP contribution in [0.5, 0.6) is 0 Å². The molecule has 2 rings (SSSR count). The second-order valence-electron chi connectivity index (χ2n) is 5.28. The number of hydrogen-bond acceptors (Lipinski definition) is 4. The van der Waals surface area contributed by atoms with Crippen LogP contribution >= 0.6 is 11.6 Å². The molecule has 0 saturated heterocycles. The molecular weight excluding hydrogens is 312 g/mol. The van der Waals surface area contributed by atoms with Crippen molar-refractivity contribution in [3.63, 3.8) is 0 Å². The van der Waals surface area contributed by atoms with Crippen molar-refractivity contribution in [3.8, 4) is 6.07 Å². The highest BCUT2D eigenvalue weighted by Crippen LogP contribution is 2.25. The normalized spacial score (nSPS) is 22.7. The Morgan fingerprint density at radius 1 is 1.33 bits per heavy atom. The summed E-state index contributed by atoms with van der Waals surface area (Å²) in [5, 5.41) is 18.7. The van der Waals surface area contributed by atoms with Crippen LogP contribution < -0.4 is 4.72 Å². The fourth-order valence-electron chi connectivity index (χ4n) is 2.47. The maximum Gasteiger partial charge on any atom is 0.241 e. The van der Waals surface area contributed by atoms with E-state index in [1.54, 1.807) is 0 Å². The predicted molar refractivity (Wildman–Crippen MR) is 79.3 cm³/mol. The highest BCUT2D eigenvalue weighted by Gasteiger charge is 2.23. The smallest absolute Gasteiger partial charge is 0.241 e. The second kappa shape index (κ2) is 6.75. The Morgan fingerprint density at radius 2 is 2.00 bits per heavy atom. The van der Waals surface area contributed by atoms with E-state index in [2.05, 4.69) is 4.72 Å². The van der Waals surface area contributed by atoms with Gasteiger partial charge in [0.25, 0.3) is 0 Å². The molecule has 0 spiro atoms. The average molecular weight is 329 g/mol. The molecule has 7 heteroatoms. The van der Waals surface area contributed by atoms with E-state index in [-0.39, 0.29) is 27.5 Å². The Balaban J connectivity index is 2.09. The van der Waals surface area contributed by atoms with Crippen molar-refractivity contribution in [2.24, 2.45) is 5.92 Å². The van der Waals surface area contributed by atoms with Crippen LogP contribution in [0.25, 0.3) is 0 Å². The zero-order valence-corrected chi connectivity index (χ0v) is 13.0. The van der Waals surface area contributed by atoms with Gasteiger partial charge in [0.05, 0.1) is 11.7 Å². The van der Waals surface area contributed by atoms with Crippen LogP contribution in [0.4, 0.5) is 0 Å². The zero-order valence-electron chi connectivity index (χ0n) is 11.4. The summed E-state index contributed by atoms with van der Waals surface area (Å²) in [6, 6.07) is 6.03. The van der Waals surface area contributed by atoms with Crippen molar-refractivity contribution in [3.05, 3.63) is 28.8 Å². The third-order valence-corrected chi connectivity index (χ3v) is 5.43. The standard InChI is InChI=1S/C14H17ClN2O3S/c15-12-4-3-11(8-16)14(7-12)21(19,20)17-9-10-1-5-13(18)6-2-10/h3-4,7,10,13,17-18H,1-2,5-6,9H2. The van der Waals surface area contributed by atoms with Gasteiger partial charge in [-0.2, -0.15) is 5.26 Å². The molecule has 0 amide bonds. The van der Waals surface area contributed by atoms with Crippen LogP contribution in [0, 0.1) is 17.2 Å². The summed E-state index contributed by atoms with van der Waals surface area (Å²) in [6.45, 7) is 0.312. The molecule has 1 aliphatic rings. The second-order valence-corrected chi connectivity index (χ2v) is 7.45. The lowest BCUT2D eigenvalue weighted by molar-refractivity contribution is 0.109. The van der Waals surface area contributed by atoms with Gasteiger partial charge in [-0.05, 0) is 49.8 Å². The number of aliphatic hydroxyl groups is 1. The van der Waals surface area contributed by atoms with E-state index in [9.17, 15) is 13.5 Å². The largest absolute Gasteiger partial charge is 0.393 e. The number of nitrogens with zero attached hydrogens (tertiary/aromatic N) is 1. The summed E-state index contributed by atoms with van der Waals surface area (Å²) < 4.78 is 27.1. The minimum Gasteiger partial charge on any atom is -0.393 e. The lowest BCUT2D eigenvalue weighted by atomic mass is 9.88. The quantitative estimate of drug-likeness (QED) is 0.885. The number of sulfonamides is 1. The minimum atomic E-state index is -3.76. The molecule has 1 saturated carbocycles. The Hall–Kier alpha value is -1.13. The maximum atomic E-state index is 12.3. The number of aliphatic hydroxyl groups excluding tert-OH is 1. The van der Waals surface area contributed by atoms with Gasteiger partial charge in [0.2, 0.25) is 10.0 Å². The SMILES string of the molecule is N#Cc1ccc(Cl)cc1S(=O)(=O)NCC1CCC(O)CC1. The van der Waals surface area contributed by atoms with Crippen molar-refractivity contribution in [1.82, 2.24) is 4.72 Å². The molecule has 0 unspecified atom stereocenters. The Bertz CT molecular complexity index is 647. The first-order chi connectivity index (χ1) is 9.92. The maximum absolute atomic E-state index is 12.3. The van der Waals surface area contributed by atoms with E-state index in [1.165, 1.54) is 18.2 Å². The Labute approximate surface area is 129 Å². The lowest BCUT2D eigenvalue weighted by Crippen LogP contribution is -2.32. The van der Waals surface area contributed by atoms with Gasteiger partial charge < -0.3 is 5.11 Å². The summed E-state index contributed by atoms with van der Waals surface area (Å²) in [5.74, 6) is 0.216. The van der Waals surface area contributed by atoms with Crippen LogP contribution in [-0.2, 0) is 10.0 Å². The third kappa shape index (κ3) is 4.17. The van der Waals surface area contributed by atoms with Crippen LogP contribution in [-0.4, -0.2) is 26.2 Å². The average Bonchev–Trinajstić information content (AvgIpc) is 2.47. The molecule has 114 valence electrons. The lowest BCUT2D eigenvalue weighted by Gasteiger charge is -2.25. The highest BCUT2D eigenvalue weighted by atomic mass is 35.5. The van der Waals surface area contributed by atoms with Crippen molar-refractivity contribution in [2.75, 3.05) is 6.54 Å². The fraction of sp³-hybridized carbons (Fsp3) is 0.500. The van der Waals surface area contributed by atoms with Gasteiger partial charge in [-0.25, -0.2) is 13.1 Å². The molecule has 21 heavy (non-hydrogen) atoms. The number of halogens is 1. The van der Waals surface area contributed by atoms with Crippen molar-refractivity contribution in [2.45, 2.75) is 36.7 Å². The number of rotatable bonds is 4. The van der Waals surface area contributed by atoms with E-state index in [0.29, 0.717) is 19.4 Å². The molecule has 0 aliphatic heterocycles. The van der Waals surface area contributed by atoms with E-state index >= 15 is 0 Å². The first kappa shape index (κ1) is 16.2. The van der Waals surface area contributed by atoms with E-state index in [1.807, 2.05) is 6.07 Å². The highest BCUT2D eigenvalue weighted by molar-refractivity contribution is 7.89. The Kier molecular flexibility index (Phi) is 5.22. The van der Waals surface area contributed by atoms with Gasteiger partial charge >= 0.3 is 0 Å². The molecule has 0 aromatic heterocycles. The predicted octanol–water partition coefficient (Wildman–Crippen LogP) is 2.04. The van der Waals surface area contributed by atoms with E-state index in [4.69, 9.17) is 16.9 Å². The van der Waals surface area contributed by atoms with Gasteiger partial charge in [-0.3, -0.25) is 0 Å². The fourth-order valence-corrected chi connectivity index (χ4v) is 4.00. The van der Waals surface area contributed by atoms with Gasteiger partial charge in [0, 0.05) is 11.6 Å². The number of nitrogens with one attached hydrogen (secondary N) is 1. The summed E-state index contributed by atoms with van der Waals surface area (Å²) in [7, 11) is -3.76. The summed E-state index contributed by atoms with van der Waals surface area (Å²) in [4.78, 5) is -0.0895. The number of hydrogen-bond donors (Lipinski definition) is 2. The molecule has 0 heterocycles. The monoisotopic (exact) mass is 328 g/mol. The van der Waals surface area contributed by atoms with Crippen LogP contribution in [0.3, 0.4) is 0 Å². The number of nitriles is 1. The molecule has 5 nitrogen and oxygen atoms in total. The van der Waals surface area contributed by atoms with Crippen LogP contribution in [0.15, 0.2) is 23.1 Å². The minimum absolute atomic E-state index is 0.0750. The van der Waals surface area contributed by atoms with E-state index < -0.39 is 10.0 Å². The van der Waals surface area contributed by atoms with E-state index in [0.717, 1.165) is 12.8 Å². The number of benzene rings is 1. The topological polar surface area (TPSA) is 90.2 Å². The summed E-state index contributed by atoms with van der Waals surface area (Å²) >= 11 is 5.82. The molecule has 0 atom stereocenters. The molecular formula is C14H17ClN2O3S. The molecule has 1 aliphatic carbocycles. The van der Waals surface area contributed by atoms with Gasteiger partial charge in [0.15, 0.2) is 0 Å². The van der Waals surface area contributed by atoms with Crippen molar-refractivity contribution in [1.29, 1.82) is 5.26 Å². The molecule has 1 aromatic carbocycles. The molecule has 1 aromatic rings. The summed E-state index contributed by atoms with van der Waals surface area (Å²) in [5.41, 5.74) is 0.0750. The first-order valence-corrected chi connectivity index (χ1v) is 8.66. The third-order valence-electron chi connectivity index (χ3n) is 3.73. The summed E-state index contributed by atoms with van der Waals surface area (Å²) in [6.07, 6.45) is 2.73. The van der Waals surface area contributed by atoms with Crippen LogP contribution in [0.1, 0.15) is 31.2 Å². The van der Waals surface area contributed by atoms with Gasteiger partial charge in [-0.1, -0.05) is 11.6 Å². The van der Waals surface area contributed by atoms with Crippen LogP contribution in [0.2, 0.25) is 5.02 Å². The van der Waals surface area contributed by atoms with Gasteiger partial charge in [-0.15, -0.1) is 0 Å². The molecule has 0 bridgehead atoms. The first-order valence-electron chi connectivity index (χ1n) is 6.80. The van der Waals surface area contributed by atoms with Gasteiger partial charge in [0.1, 0.15) is 11.0 Å².